The summed E-state index contributed by atoms with van der Waals surface area (Å²) in [6.45, 7) is -1.49. The van der Waals surface area contributed by atoms with Gasteiger partial charge in [0.25, 0.3) is 0 Å². The van der Waals surface area contributed by atoms with Crippen molar-refractivity contribution in [1.82, 2.24) is 4.31 Å². The standard InChI is InChI=1S/C17H18F2N2O4S/c1-12-3-9-15(10-4-12)26(23,24)21(2)11-16(22)20-13-5-7-14(8-6-13)25-17(18)19/h3-10,17H,11H2,1-2H3,(H,20,22). The smallest absolute Gasteiger partial charge is 0.387 e. The van der Waals surface area contributed by atoms with Crippen LogP contribution in [0.5, 0.6) is 5.75 Å². The van der Waals surface area contributed by atoms with E-state index in [4.69, 9.17) is 0 Å². The van der Waals surface area contributed by atoms with Gasteiger partial charge in [0, 0.05) is 12.7 Å². The first-order chi connectivity index (χ1) is 12.2. The fourth-order valence-electron chi connectivity index (χ4n) is 2.10. The number of nitrogens with one attached hydrogen (secondary N) is 1. The van der Waals surface area contributed by atoms with E-state index in [0.717, 1.165) is 9.87 Å². The molecule has 2 aromatic carbocycles. The van der Waals surface area contributed by atoms with Gasteiger partial charge in [-0.2, -0.15) is 13.1 Å². The Balaban J connectivity index is 1.99. The molecule has 1 N–H and O–H groups in total. The minimum absolute atomic E-state index is 0.0444. The van der Waals surface area contributed by atoms with Gasteiger partial charge in [-0.05, 0) is 43.3 Å². The van der Waals surface area contributed by atoms with Crippen molar-refractivity contribution in [2.45, 2.75) is 18.4 Å². The molecule has 6 nitrogen and oxygen atoms in total. The Kier molecular flexibility index (Phi) is 6.27. The van der Waals surface area contributed by atoms with Crippen LogP contribution in [0, 0.1) is 6.92 Å². The molecule has 26 heavy (non-hydrogen) atoms. The topological polar surface area (TPSA) is 75.7 Å². The molecule has 0 fully saturated rings. The Morgan fingerprint density at radius 2 is 1.69 bits per heavy atom. The molecular weight excluding hydrogens is 366 g/mol. The van der Waals surface area contributed by atoms with Gasteiger partial charge >= 0.3 is 6.61 Å². The number of likely N-dealkylation sites (N-methyl/N-ethyl adjacent to an activating group) is 1. The second-order valence-corrected chi connectivity index (χ2v) is 7.57. The summed E-state index contributed by atoms with van der Waals surface area (Å²) in [5, 5.41) is 2.50. The molecule has 1 amide bonds. The van der Waals surface area contributed by atoms with E-state index in [2.05, 4.69) is 10.1 Å². The Hall–Kier alpha value is -2.52. The zero-order valence-electron chi connectivity index (χ0n) is 14.1. The maximum absolute atomic E-state index is 12.4. The SMILES string of the molecule is Cc1ccc(S(=O)(=O)N(C)CC(=O)Nc2ccc(OC(F)F)cc2)cc1. The van der Waals surface area contributed by atoms with Crippen molar-refractivity contribution < 1.29 is 26.7 Å². The van der Waals surface area contributed by atoms with Crippen LogP contribution in [0.2, 0.25) is 0 Å². The monoisotopic (exact) mass is 384 g/mol. The van der Waals surface area contributed by atoms with Crippen LogP contribution >= 0.6 is 0 Å². The van der Waals surface area contributed by atoms with Crippen LogP contribution in [0.3, 0.4) is 0 Å². The lowest BCUT2D eigenvalue weighted by molar-refractivity contribution is -0.116. The quantitative estimate of drug-likeness (QED) is 0.797. The van der Waals surface area contributed by atoms with Crippen LogP contribution in [0.1, 0.15) is 5.56 Å². The number of alkyl halides is 2. The number of ether oxygens (including phenoxy) is 1. The molecule has 0 atom stereocenters. The molecule has 0 heterocycles. The number of halogens is 2. The van der Waals surface area contributed by atoms with Crippen molar-refractivity contribution in [3.05, 3.63) is 54.1 Å². The number of anilines is 1. The van der Waals surface area contributed by atoms with E-state index in [-0.39, 0.29) is 10.6 Å². The van der Waals surface area contributed by atoms with Crippen molar-refractivity contribution >= 4 is 21.6 Å². The van der Waals surface area contributed by atoms with Gasteiger partial charge in [-0.25, -0.2) is 8.42 Å². The Labute approximate surface area is 150 Å². The van der Waals surface area contributed by atoms with Crippen molar-refractivity contribution in [3.63, 3.8) is 0 Å². The molecule has 2 rings (SSSR count). The summed E-state index contributed by atoms with van der Waals surface area (Å²) >= 11 is 0. The van der Waals surface area contributed by atoms with Crippen molar-refractivity contribution in [1.29, 1.82) is 0 Å². The lowest BCUT2D eigenvalue weighted by Gasteiger charge is -2.17. The van der Waals surface area contributed by atoms with Gasteiger partial charge in [0.1, 0.15) is 5.75 Å². The van der Waals surface area contributed by atoms with Crippen LogP contribution < -0.4 is 10.1 Å². The molecule has 0 radical (unpaired) electrons. The Morgan fingerprint density at radius 3 is 2.23 bits per heavy atom. The van der Waals surface area contributed by atoms with Crippen LogP contribution in [0.15, 0.2) is 53.4 Å². The Bertz CT molecular complexity index is 853. The molecule has 0 saturated carbocycles. The first-order valence-corrected chi connectivity index (χ1v) is 9.00. The second kappa shape index (κ2) is 8.24. The minimum Gasteiger partial charge on any atom is -0.435 e. The molecular formula is C17H18F2N2O4S. The van der Waals surface area contributed by atoms with Gasteiger partial charge in [-0.15, -0.1) is 0 Å². The van der Waals surface area contributed by atoms with Gasteiger partial charge in [-0.1, -0.05) is 17.7 Å². The van der Waals surface area contributed by atoms with Gasteiger partial charge in [-0.3, -0.25) is 4.79 Å². The van der Waals surface area contributed by atoms with Crippen LogP contribution in [-0.4, -0.2) is 38.8 Å². The van der Waals surface area contributed by atoms with E-state index in [0.29, 0.717) is 5.69 Å². The predicted molar refractivity (Wildman–Crippen MR) is 92.7 cm³/mol. The van der Waals surface area contributed by atoms with Crippen LogP contribution in [-0.2, 0) is 14.8 Å². The minimum atomic E-state index is -3.79. The number of sulfonamides is 1. The first kappa shape index (κ1) is 19.8. The number of hydrogen-bond acceptors (Lipinski definition) is 4. The van der Waals surface area contributed by atoms with E-state index in [9.17, 15) is 22.0 Å². The summed E-state index contributed by atoms with van der Waals surface area (Å²) in [5.74, 6) is -0.609. The lowest BCUT2D eigenvalue weighted by Crippen LogP contribution is -2.34. The number of amides is 1. The molecule has 140 valence electrons. The fraction of sp³-hybridized carbons (Fsp3) is 0.235. The van der Waals surface area contributed by atoms with Gasteiger partial charge < -0.3 is 10.1 Å². The summed E-state index contributed by atoms with van der Waals surface area (Å²) < 4.78 is 54.2. The summed E-state index contributed by atoms with van der Waals surface area (Å²) in [7, 11) is -2.49. The number of nitrogens with zero attached hydrogens (tertiary/aromatic N) is 1. The van der Waals surface area contributed by atoms with E-state index in [1.165, 1.54) is 43.4 Å². The summed E-state index contributed by atoms with van der Waals surface area (Å²) in [6, 6.07) is 11.6. The number of hydrogen-bond donors (Lipinski definition) is 1. The molecule has 0 unspecified atom stereocenters. The van der Waals surface area contributed by atoms with Gasteiger partial charge in [0.05, 0.1) is 11.4 Å². The zero-order chi connectivity index (χ0) is 19.3. The normalized spacial score (nSPS) is 11.6. The molecule has 9 heteroatoms. The third kappa shape index (κ3) is 5.24. The van der Waals surface area contributed by atoms with Gasteiger partial charge in [0.15, 0.2) is 0 Å². The Morgan fingerprint density at radius 1 is 1.12 bits per heavy atom. The average molecular weight is 384 g/mol. The third-order valence-corrected chi connectivity index (χ3v) is 5.28. The summed E-state index contributed by atoms with van der Waals surface area (Å²) in [6.07, 6.45) is 0. The average Bonchev–Trinajstić information content (AvgIpc) is 2.56. The van der Waals surface area contributed by atoms with E-state index in [1.54, 1.807) is 12.1 Å². The highest BCUT2D eigenvalue weighted by atomic mass is 32.2. The van der Waals surface area contributed by atoms with E-state index >= 15 is 0 Å². The van der Waals surface area contributed by atoms with Gasteiger partial charge in [0.2, 0.25) is 15.9 Å². The largest absolute Gasteiger partial charge is 0.435 e. The third-order valence-electron chi connectivity index (χ3n) is 3.46. The van der Waals surface area contributed by atoms with E-state index in [1.807, 2.05) is 6.92 Å². The van der Waals surface area contributed by atoms with Crippen LogP contribution in [0.25, 0.3) is 0 Å². The summed E-state index contributed by atoms with van der Waals surface area (Å²) in [4.78, 5) is 12.1. The lowest BCUT2D eigenvalue weighted by atomic mass is 10.2. The molecule has 0 aliphatic heterocycles. The van der Waals surface area contributed by atoms with Crippen molar-refractivity contribution in [3.8, 4) is 5.75 Å². The highest BCUT2D eigenvalue weighted by Crippen LogP contribution is 2.18. The van der Waals surface area contributed by atoms with Crippen molar-refractivity contribution in [2.75, 3.05) is 18.9 Å². The predicted octanol–water partition coefficient (Wildman–Crippen LogP) is 2.86. The fourth-order valence-corrected chi connectivity index (χ4v) is 3.22. The van der Waals surface area contributed by atoms with Crippen molar-refractivity contribution in [2.24, 2.45) is 0 Å². The van der Waals surface area contributed by atoms with E-state index < -0.39 is 29.1 Å². The maximum atomic E-state index is 12.4. The summed E-state index contributed by atoms with van der Waals surface area (Å²) in [5.41, 5.74) is 1.25. The number of carbonyl (C=O) groups is 1. The molecule has 0 aliphatic carbocycles. The number of benzene rings is 2. The number of carbonyl (C=O) groups excluding carboxylic acids is 1. The molecule has 0 aliphatic rings. The highest BCUT2D eigenvalue weighted by molar-refractivity contribution is 7.89. The number of aryl methyl sites for hydroxylation is 1. The first-order valence-electron chi connectivity index (χ1n) is 7.56. The molecule has 0 bridgehead atoms. The molecule has 0 spiro atoms. The molecule has 0 saturated heterocycles. The van der Waals surface area contributed by atoms with Crippen LogP contribution in [0.4, 0.5) is 14.5 Å². The zero-order valence-corrected chi connectivity index (χ0v) is 15.0. The number of rotatable bonds is 7. The molecule has 2 aromatic rings. The second-order valence-electron chi connectivity index (χ2n) is 5.53. The molecule has 0 aromatic heterocycles. The highest BCUT2D eigenvalue weighted by Gasteiger charge is 2.22. The maximum Gasteiger partial charge on any atom is 0.387 e.